The van der Waals surface area contributed by atoms with Gasteiger partial charge in [0.25, 0.3) is 0 Å². The molecule has 0 unspecified atom stereocenters. The molecule has 4 aromatic rings. The van der Waals surface area contributed by atoms with Gasteiger partial charge in [0, 0.05) is 6.61 Å². The van der Waals surface area contributed by atoms with Crippen molar-refractivity contribution < 1.29 is 14.2 Å². The molecule has 0 atom stereocenters. The largest absolute Gasteiger partial charge is 0.489 e. The zero-order valence-electron chi connectivity index (χ0n) is 18.4. The van der Waals surface area contributed by atoms with Gasteiger partial charge in [-0.15, -0.1) is 0 Å². The van der Waals surface area contributed by atoms with Crippen LogP contribution in [0.2, 0.25) is 0 Å². The van der Waals surface area contributed by atoms with Crippen LogP contribution >= 0.6 is 22.6 Å². The average Bonchev–Trinajstić information content (AvgIpc) is 2.86. The first-order chi connectivity index (χ1) is 16.2. The third-order valence-electron chi connectivity index (χ3n) is 4.92. The summed E-state index contributed by atoms with van der Waals surface area (Å²) in [7, 11) is -0.153. The molecule has 0 aliphatic heterocycles. The molecule has 168 valence electrons. The van der Waals surface area contributed by atoms with Crippen LogP contribution in [0.4, 0.5) is 0 Å². The van der Waals surface area contributed by atoms with Crippen LogP contribution in [0.25, 0.3) is 0 Å². The Morgan fingerprint density at radius 1 is 0.697 bits per heavy atom. The Labute approximate surface area is 212 Å². The van der Waals surface area contributed by atoms with E-state index in [1.165, 1.54) is 14.7 Å². The van der Waals surface area contributed by atoms with Crippen molar-refractivity contribution in [1.82, 2.24) is 0 Å². The lowest BCUT2D eigenvalue weighted by atomic mass is 10.2. The lowest BCUT2D eigenvalue weighted by Gasteiger charge is -2.11. The Hall–Kier alpha value is -2.48. The zero-order valence-corrected chi connectivity index (χ0v) is 21.4. The molecule has 4 rings (SSSR count). The molecule has 0 saturated carbocycles. The monoisotopic (exact) mass is 569 g/mol. The van der Waals surface area contributed by atoms with Crippen LogP contribution in [0.15, 0.2) is 118 Å². The molecule has 0 aliphatic carbocycles. The topological polar surface area (TPSA) is 27.7 Å². The van der Waals surface area contributed by atoms with Crippen molar-refractivity contribution in [3.63, 3.8) is 0 Å². The molecule has 3 nitrogen and oxygen atoms in total. The van der Waals surface area contributed by atoms with E-state index in [-0.39, 0.29) is 17.7 Å². The van der Waals surface area contributed by atoms with Crippen molar-refractivity contribution in [2.45, 2.75) is 28.2 Å². The van der Waals surface area contributed by atoms with E-state index >= 15 is 0 Å². The van der Waals surface area contributed by atoms with E-state index in [1.807, 2.05) is 19.1 Å². The third kappa shape index (κ3) is 6.53. The van der Waals surface area contributed by atoms with Gasteiger partial charge in [-0.1, -0.05) is 42.5 Å². The smallest absolute Gasteiger partial charge is 0.189 e. The summed E-state index contributed by atoms with van der Waals surface area (Å²) in [6, 6.07) is 35.9. The Balaban J connectivity index is 1.45. The second kappa shape index (κ2) is 12.1. The molecule has 0 aliphatic rings. The molecule has 0 spiro atoms. The molecular weight excluding hydrogens is 543 g/mol. The van der Waals surface area contributed by atoms with Gasteiger partial charge in [0.2, 0.25) is 0 Å². The second-order valence-electron chi connectivity index (χ2n) is 7.21. The van der Waals surface area contributed by atoms with Gasteiger partial charge in [-0.2, -0.15) is 0 Å². The van der Waals surface area contributed by atoms with E-state index < -0.39 is 0 Å². The van der Waals surface area contributed by atoms with Gasteiger partial charge in [-0.25, -0.2) is 0 Å². The molecule has 0 saturated heterocycles. The van der Waals surface area contributed by atoms with Crippen molar-refractivity contribution >= 4 is 33.5 Å². The van der Waals surface area contributed by atoms with Crippen molar-refractivity contribution in [1.29, 1.82) is 0 Å². The first-order valence-electron chi connectivity index (χ1n) is 10.8. The Morgan fingerprint density at radius 3 is 1.88 bits per heavy atom. The van der Waals surface area contributed by atoms with Gasteiger partial charge in [0.05, 0.1) is 14.5 Å². The van der Waals surface area contributed by atoms with Crippen LogP contribution in [-0.2, 0) is 22.2 Å². The van der Waals surface area contributed by atoms with Crippen LogP contribution in [0.5, 0.6) is 11.5 Å². The van der Waals surface area contributed by atoms with E-state index in [4.69, 9.17) is 14.2 Å². The molecule has 0 radical (unpaired) electrons. The van der Waals surface area contributed by atoms with Gasteiger partial charge < -0.3 is 14.2 Å². The maximum atomic E-state index is 6.07. The van der Waals surface area contributed by atoms with Crippen LogP contribution < -0.4 is 9.47 Å². The number of halogens is 1. The summed E-state index contributed by atoms with van der Waals surface area (Å²) in [5.74, 6) is 1.68. The molecule has 0 fully saturated rings. The molecule has 0 amide bonds. The Morgan fingerprint density at radius 2 is 1.30 bits per heavy atom. The first kappa shape index (κ1) is 23.7. The first-order valence-corrected chi connectivity index (χ1v) is 13.1. The van der Waals surface area contributed by atoms with Crippen molar-refractivity contribution in [2.24, 2.45) is 0 Å². The van der Waals surface area contributed by atoms with Crippen LogP contribution in [0.3, 0.4) is 0 Å². The molecule has 4 aromatic carbocycles. The predicted octanol–water partition coefficient (Wildman–Crippen LogP) is 7.34. The van der Waals surface area contributed by atoms with E-state index in [0.29, 0.717) is 13.2 Å². The highest BCUT2D eigenvalue weighted by Crippen LogP contribution is 2.32. The SMILES string of the molecule is CCOCOc1ccc(COc2ccc([S+](c3ccccc3)c3ccccc3)cc2)cc1I. The normalized spacial score (nSPS) is 10.9. The maximum absolute atomic E-state index is 6.07. The van der Waals surface area contributed by atoms with Crippen molar-refractivity contribution in [2.75, 3.05) is 13.4 Å². The van der Waals surface area contributed by atoms with E-state index in [0.717, 1.165) is 20.6 Å². The lowest BCUT2D eigenvalue weighted by Crippen LogP contribution is -2.05. The maximum Gasteiger partial charge on any atom is 0.189 e. The molecule has 5 heteroatoms. The zero-order chi connectivity index (χ0) is 22.9. The molecule has 0 bridgehead atoms. The highest BCUT2D eigenvalue weighted by molar-refractivity contribution is 14.1. The average molecular weight is 569 g/mol. The second-order valence-corrected chi connectivity index (χ2v) is 10.4. The Bertz CT molecular complexity index is 1100. The summed E-state index contributed by atoms with van der Waals surface area (Å²) in [5.41, 5.74) is 1.10. The summed E-state index contributed by atoms with van der Waals surface area (Å²) in [6.07, 6.45) is 0. The van der Waals surface area contributed by atoms with Gasteiger partial charge in [0.15, 0.2) is 21.5 Å². The summed E-state index contributed by atoms with van der Waals surface area (Å²) in [6.45, 7) is 3.36. The predicted molar refractivity (Wildman–Crippen MR) is 142 cm³/mol. The summed E-state index contributed by atoms with van der Waals surface area (Å²) in [4.78, 5) is 3.88. The standard InChI is InChI=1S/C28H26IO3S/c1-2-30-21-32-28-18-13-22(19-27(28)29)20-31-23-14-16-26(17-15-23)33(24-9-5-3-6-10-24)25-11-7-4-8-12-25/h3-19H,2,20-21H2,1H3/q+1. The van der Waals surface area contributed by atoms with Gasteiger partial charge in [0.1, 0.15) is 18.1 Å². The fourth-order valence-corrected chi connectivity index (χ4v) is 6.12. The van der Waals surface area contributed by atoms with Crippen LogP contribution in [-0.4, -0.2) is 13.4 Å². The lowest BCUT2D eigenvalue weighted by molar-refractivity contribution is 0.0219. The minimum Gasteiger partial charge on any atom is -0.489 e. The van der Waals surface area contributed by atoms with Crippen molar-refractivity contribution in [3.8, 4) is 11.5 Å². The fourth-order valence-electron chi connectivity index (χ4n) is 3.30. The summed E-state index contributed by atoms with van der Waals surface area (Å²) >= 11 is 2.28. The molecular formula is C28H26IO3S+. The molecule has 0 heterocycles. The number of rotatable bonds is 10. The Kier molecular flexibility index (Phi) is 8.69. The quantitative estimate of drug-likeness (QED) is 0.0866. The highest BCUT2D eigenvalue weighted by atomic mass is 127. The van der Waals surface area contributed by atoms with E-state index in [9.17, 15) is 0 Å². The summed E-state index contributed by atoms with van der Waals surface area (Å²) < 4.78 is 18.0. The van der Waals surface area contributed by atoms with E-state index in [2.05, 4.69) is 114 Å². The third-order valence-corrected chi connectivity index (χ3v) is 7.99. The number of benzene rings is 4. The highest BCUT2D eigenvalue weighted by Gasteiger charge is 2.28. The van der Waals surface area contributed by atoms with Crippen molar-refractivity contribution in [3.05, 3.63) is 112 Å². The van der Waals surface area contributed by atoms with Crippen LogP contribution in [0, 0.1) is 3.57 Å². The molecule has 0 aromatic heterocycles. The van der Waals surface area contributed by atoms with Gasteiger partial charge in [-0.3, -0.25) is 0 Å². The van der Waals surface area contributed by atoms with Crippen LogP contribution in [0.1, 0.15) is 12.5 Å². The minimum atomic E-state index is -0.153. The van der Waals surface area contributed by atoms with Gasteiger partial charge >= 0.3 is 0 Å². The number of ether oxygens (including phenoxy) is 3. The molecule has 33 heavy (non-hydrogen) atoms. The number of hydrogen-bond donors (Lipinski definition) is 0. The van der Waals surface area contributed by atoms with E-state index in [1.54, 1.807) is 0 Å². The van der Waals surface area contributed by atoms with Gasteiger partial charge in [-0.05, 0) is 95.7 Å². The molecule has 0 N–H and O–H groups in total. The number of hydrogen-bond acceptors (Lipinski definition) is 3. The fraction of sp³-hybridized carbons (Fsp3) is 0.143. The minimum absolute atomic E-state index is 0.153. The summed E-state index contributed by atoms with van der Waals surface area (Å²) in [5, 5.41) is 0.